The van der Waals surface area contributed by atoms with Crippen molar-refractivity contribution < 1.29 is 18.7 Å². The van der Waals surface area contributed by atoms with E-state index in [1.165, 1.54) is 5.56 Å². The van der Waals surface area contributed by atoms with Crippen molar-refractivity contribution in [2.75, 3.05) is 26.3 Å². The Balaban J connectivity index is 1.39. The van der Waals surface area contributed by atoms with Crippen LogP contribution in [-0.2, 0) is 22.6 Å². The van der Waals surface area contributed by atoms with Crippen molar-refractivity contribution in [1.82, 2.24) is 9.80 Å². The molecule has 2 aliphatic rings. The van der Waals surface area contributed by atoms with Gasteiger partial charge in [0.2, 0.25) is 0 Å². The standard InChI is InChI=1S/C24H32N2O4/c1-23(2,3)26(17-19-7-5-4-6-8-19)18-20-9-10-21(30-20)22(27)25-13-11-24(12-14-25)28-15-16-29-24/h4-10H,11-18H2,1-3H3. The summed E-state index contributed by atoms with van der Waals surface area (Å²) in [6, 6.07) is 14.1. The van der Waals surface area contributed by atoms with Crippen LogP contribution in [0, 0.1) is 0 Å². The molecule has 0 atom stereocenters. The Kier molecular flexibility index (Phi) is 6.00. The molecule has 3 heterocycles. The van der Waals surface area contributed by atoms with Gasteiger partial charge in [0, 0.05) is 38.0 Å². The fraction of sp³-hybridized carbons (Fsp3) is 0.542. The van der Waals surface area contributed by atoms with E-state index in [0.717, 1.165) is 12.3 Å². The van der Waals surface area contributed by atoms with Gasteiger partial charge in [-0.25, -0.2) is 0 Å². The number of furan rings is 1. The zero-order chi connectivity index (χ0) is 21.2. The third-order valence-corrected chi connectivity index (χ3v) is 6.01. The van der Waals surface area contributed by atoms with Gasteiger partial charge in [0.15, 0.2) is 11.5 Å². The van der Waals surface area contributed by atoms with Crippen molar-refractivity contribution in [1.29, 1.82) is 0 Å². The smallest absolute Gasteiger partial charge is 0.289 e. The summed E-state index contributed by atoms with van der Waals surface area (Å²) in [5, 5.41) is 0. The third kappa shape index (κ3) is 4.77. The fourth-order valence-electron chi connectivity index (χ4n) is 4.09. The minimum absolute atomic E-state index is 0.0325. The second kappa shape index (κ2) is 8.53. The van der Waals surface area contributed by atoms with Crippen molar-refractivity contribution in [3.8, 4) is 0 Å². The Morgan fingerprint density at radius 2 is 1.67 bits per heavy atom. The highest BCUT2D eigenvalue weighted by atomic mass is 16.7. The third-order valence-electron chi connectivity index (χ3n) is 6.01. The minimum atomic E-state index is -0.476. The first kappa shape index (κ1) is 21.1. The lowest BCUT2D eigenvalue weighted by Gasteiger charge is -2.37. The van der Waals surface area contributed by atoms with Crippen LogP contribution in [0.2, 0.25) is 0 Å². The van der Waals surface area contributed by atoms with E-state index in [4.69, 9.17) is 13.9 Å². The SMILES string of the molecule is CC(C)(C)N(Cc1ccccc1)Cc1ccc(C(=O)N2CCC3(CC2)OCCO3)o1. The van der Waals surface area contributed by atoms with Gasteiger partial charge in [-0.3, -0.25) is 9.69 Å². The van der Waals surface area contributed by atoms with Gasteiger partial charge in [0.1, 0.15) is 5.76 Å². The molecule has 6 heteroatoms. The van der Waals surface area contributed by atoms with Gasteiger partial charge < -0.3 is 18.8 Å². The molecule has 4 rings (SSSR count). The summed E-state index contributed by atoms with van der Waals surface area (Å²) in [5.41, 5.74) is 1.23. The predicted molar refractivity (Wildman–Crippen MR) is 114 cm³/mol. The number of carbonyl (C=O) groups excluding carboxylic acids is 1. The van der Waals surface area contributed by atoms with E-state index in [-0.39, 0.29) is 11.4 Å². The van der Waals surface area contributed by atoms with E-state index in [1.54, 1.807) is 6.07 Å². The number of carbonyl (C=O) groups is 1. The van der Waals surface area contributed by atoms with E-state index in [1.807, 2.05) is 17.0 Å². The molecule has 1 spiro atoms. The number of hydrogen-bond donors (Lipinski definition) is 0. The number of hydrogen-bond acceptors (Lipinski definition) is 5. The first-order chi connectivity index (χ1) is 14.3. The van der Waals surface area contributed by atoms with Gasteiger partial charge in [0.25, 0.3) is 5.91 Å². The van der Waals surface area contributed by atoms with Crippen LogP contribution in [0.5, 0.6) is 0 Å². The molecule has 2 aromatic rings. The number of ether oxygens (including phenoxy) is 2. The molecule has 2 saturated heterocycles. The van der Waals surface area contributed by atoms with Crippen molar-refractivity contribution >= 4 is 5.91 Å². The molecule has 2 fully saturated rings. The Labute approximate surface area is 178 Å². The molecular formula is C24H32N2O4. The summed E-state index contributed by atoms with van der Waals surface area (Å²) >= 11 is 0. The van der Waals surface area contributed by atoms with Crippen LogP contribution in [0.25, 0.3) is 0 Å². The number of piperidine rings is 1. The Bertz CT molecular complexity index is 840. The van der Waals surface area contributed by atoms with Crippen LogP contribution in [0.15, 0.2) is 46.9 Å². The molecule has 0 bridgehead atoms. The quantitative estimate of drug-likeness (QED) is 0.741. The molecule has 162 valence electrons. The second-order valence-corrected chi connectivity index (χ2v) is 9.18. The fourth-order valence-corrected chi connectivity index (χ4v) is 4.09. The van der Waals surface area contributed by atoms with Crippen LogP contribution < -0.4 is 0 Å². The molecule has 0 saturated carbocycles. The lowest BCUT2D eigenvalue weighted by Crippen LogP contribution is -2.47. The number of likely N-dealkylation sites (tertiary alicyclic amines) is 1. The monoisotopic (exact) mass is 412 g/mol. The highest BCUT2D eigenvalue weighted by Gasteiger charge is 2.41. The zero-order valence-electron chi connectivity index (χ0n) is 18.2. The van der Waals surface area contributed by atoms with Crippen molar-refractivity contribution in [2.45, 2.75) is 58.0 Å². The number of nitrogens with zero attached hydrogens (tertiary/aromatic N) is 2. The van der Waals surface area contributed by atoms with Crippen LogP contribution in [0.1, 0.15) is 55.5 Å². The highest BCUT2D eigenvalue weighted by Crippen LogP contribution is 2.32. The molecule has 1 amide bonds. The predicted octanol–water partition coefficient (Wildman–Crippen LogP) is 4.06. The second-order valence-electron chi connectivity index (χ2n) is 9.18. The maximum Gasteiger partial charge on any atom is 0.289 e. The Hall–Kier alpha value is -2.15. The summed E-state index contributed by atoms with van der Waals surface area (Å²) in [6.07, 6.45) is 1.42. The normalized spacial score (nSPS) is 19.0. The molecule has 30 heavy (non-hydrogen) atoms. The summed E-state index contributed by atoms with van der Waals surface area (Å²) in [4.78, 5) is 17.1. The van der Waals surface area contributed by atoms with Crippen molar-refractivity contribution in [3.05, 3.63) is 59.5 Å². The van der Waals surface area contributed by atoms with E-state index in [0.29, 0.717) is 51.4 Å². The molecule has 2 aliphatic heterocycles. The van der Waals surface area contributed by atoms with Crippen LogP contribution in [0.3, 0.4) is 0 Å². The van der Waals surface area contributed by atoms with Crippen molar-refractivity contribution in [2.24, 2.45) is 0 Å². The molecule has 1 aromatic carbocycles. The minimum Gasteiger partial charge on any atom is -0.455 e. The lowest BCUT2D eigenvalue weighted by atomic mass is 10.0. The maximum atomic E-state index is 12.9. The number of amides is 1. The summed E-state index contributed by atoms with van der Waals surface area (Å²) < 4.78 is 17.5. The molecule has 0 aliphatic carbocycles. The molecule has 6 nitrogen and oxygen atoms in total. The van der Waals surface area contributed by atoms with Crippen molar-refractivity contribution in [3.63, 3.8) is 0 Å². The van der Waals surface area contributed by atoms with Gasteiger partial charge in [-0.1, -0.05) is 30.3 Å². The molecule has 0 radical (unpaired) electrons. The average Bonchev–Trinajstić information content (AvgIpc) is 3.38. The largest absolute Gasteiger partial charge is 0.455 e. The van der Waals surface area contributed by atoms with Gasteiger partial charge in [-0.05, 0) is 38.5 Å². The summed E-state index contributed by atoms with van der Waals surface area (Å²) in [5.74, 6) is 0.679. The average molecular weight is 413 g/mol. The molecule has 0 unspecified atom stereocenters. The first-order valence-corrected chi connectivity index (χ1v) is 10.8. The van der Waals surface area contributed by atoms with Crippen LogP contribution >= 0.6 is 0 Å². The van der Waals surface area contributed by atoms with Gasteiger partial charge in [-0.2, -0.15) is 0 Å². The van der Waals surface area contributed by atoms with E-state index >= 15 is 0 Å². The molecular weight excluding hydrogens is 380 g/mol. The summed E-state index contributed by atoms with van der Waals surface area (Å²) in [7, 11) is 0. The lowest BCUT2D eigenvalue weighted by molar-refractivity contribution is -0.181. The highest BCUT2D eigenvalue weighted by molar-refractivity contribution is 5.91. The molecule has 0 N–H and O–H groups in total. The van der Waals surface area contributed by atoms with E-state index in [9.17, 15) is 4.79 Å². The maximum absolute atomic E-state index is 12.9. The Morgan fingerprint density at radius 1 is 1.00 bits per heavy atom. The first-order valence-electron chi connectivity index (χ1n) is 10.8. The van der Waals surface area contributed by atoms with Gasteiger partial charge in [-0.15, -0.1) is 0 Å². The Morgan fingerprint density at radius 3 is 2.30 bits per heavy atom. The van der Waals surface area contributed by atoms with E-state index in [2.05, 4.69) is 49.9 Å². The van der Waals surface area contributed by atoms with E-state index < -0.39 is 5.79 Å². The number of rotatable bonds is 5. The zero-order valence-corrected chi connectivity index (χ0v) is 18.2. The van der Waals surface area contributed by atoms with Gasteiger partial charge in [0.05, 0.1) is 19.8 Å². The van der Waals surface area contributed by atoms with Crippen LogP contribution in [-0.4, -0.2) is 53.3 Å². The number of benzene rings is 1. The summed E-state index contributed by atoms with van der Waals surface area (Å²) in [6.45, 7) is 10.6. The van der Waals surface area contributed by atoms with Crippen LogP contribution in [0.4, 0.5) is 0 Å². The van der Waals surface area contributed by atoms with Gasteiger partial charge >= 0.3 is 0 Å². The topological polar surface area (TPSA) is 55.2 Å². The molecule has 1 aromatic heterocycles.